The number of carbonyl (C=O) groups is 3. The normalized spacial score (nSPS) is 35.6. The van der Waals surface area contributed by atoms with Crippen LogP contribution in [0.4, 0.5) is 0 Å². The molecule has 0 bridgehead atoms. The summed E-state index contributed by atoms with van der Waals surface area (Å²) in [6, 6.07) is 7.57. The Labute approximate surface area is 250 Å². The van der Waals surface area contributed by atoms with Gasteiger partial charge in [0.25, 0.3) is 0 Å². The Bertz CT molecular complexity index is 1330. The van der Waals surface area contributed by atoms with Crippen LogP contribution < -0.4 is 5.32 Å². The monoisotopic (exact) mass is 574 g/mol. The number of hydrogen-bond donors (Lipinski definition) is 3. The number of ketones is 1. The minimum absolute atomic E-state index is 0.0329. The number of rotatable bonds is 9. The smallest absolute Gasteiger partial charge is 0.305 e. The van der Waals surface area contributed by atoms with Gasteiger partial charge < -0.3 is 15.4 Å². The molecule has 228 valence electrons. The Morgan fingerprint density at radius 2 is 1.83 bits per heavy atom. The Morgan fingerprint density at radius 1 is 1.05 bits per heavy atom. The average Bonchev–Trinajstić information content (AvgIpc) is 3.52. The first-order valence-corrected chi connectivity index (χ1v) is 16.7. The van der Waals surface area contributed by atoms with Gasteiger partial charge in [0.05, 0.1) is 6.42 Å². The highest BCUT2D eigenvalue weighted by atomic mass is 16.4. The summed E-state index contributed by atoms with van der Waals surface area (Å²) in [5, 5.41) is 13.7. The summed E-state index contributed by atoms with van der Waals surface area (Å²) in [4.78, 5) is 40.3. The Balaban J connectivity index is 1.06. The zero-order valence-electron chi connectivity index (χ0n) is 25.8. The van der Waals surface area contributed by atoms with Crippen molar-refractivity contribution in [3.05, 3.63) is 36.0 Å². The van der Waals surface area contributed by atoms with E-state index in [0.29, 0.717) is 47.2 Å². The van der Waals surface area contributed by atoms with Crippen molar-refractivity contribution in [2.45, 2.75) is 110 Å². The molecule has 0 spiro atoms. The van der Waals surface area contributed by atoms with E-state index in [1.54, 1.807) is 0 Å². The number of aromatic nitrogens is 1. The number of nitrogens with one attached hydrogen (secondary N) is 2. The number of amides is 1. The SMILES string of the molecule is C[C@H](CCC(=O)N[C@H](CC(=O)O)Cc1c[nH]c2ccccc12)[C@H]1CC[C@H]2[C@@H]3CC[C@@H]4CC(=O)CC[C@]4(C)[C@H]3CC[C@]12C. The summed E-state index contributed by atoms with van der Waals surface area (Å²) in [5.41, 5.74) is 2.74. The summed E-state index contributed by atoms with van der Waals surface area (Å²) >= 11 is 0. The minimum Gasteiger partial charge on any atom is -0.481 e. The van der Waals surface area contributed by atoms with Gasteiger partial charge in [-0.3, -0.25) is 14.4 Å². The van der Waals surface area contributed by atoms with Crippen molar-refractivity contribution in [3.63, 3.8) is 0 Å². The quantitative estimate of drug-likeness (QED) is 0.292. The van der Waals surface area contributed by atoms with Crippen LogP contribution in [0.5, 0.6) is 0 Å². The van der Waals surface area contributed by atoms with Crippen LogP contribution in [0, 0.1) is 46.3 Å². The van der Waals surface area contributed by atoms with Gasteiger partial charge in [-0.2, -0.15) is 0 Å². The zero-order chi connectivity index (χ0) is 29.6. The molecule has 2 aromatic rings. The molecule has 4 fully saturated rings. The summed E-state index contributed by atoms with van der Waals surface area (Å²) in [6.45, 7) is 7.43. The summed E-state index contributed by atoms with van der Waals surface area (Å²) in [5.74, 6) is 3.59. The molecule has 6 heteroatoms. The van der Waals surface area contributed by atoms with Gasteiger partial charge in [0.15, 0.2) is 0 Å². The van der Waals surface area contributed by atoms with E-state index in [2.05, 4.69) is 31.1 Å². The third-order valence-corrected chi connectivity index (χ3v) is 13.0. The van der Waals surface area contributed by atoms with E-state index in [-0.39, 0.29) is 12.3 Å². The van der Waals surface area contributed by atoms with Crippen LogP contribution in [0.15, 0.2) is 30.5 Å². The van der Waals surface area contributed by atoms with E-state index in [4.69, 9.17) is 0 Å². The second kappa shape index (κ2) is 11.5. The van der Waals surface area contributed by atoms with Crippen LogP contribution >= 0.6 is 0 Å². The Kier molecular flexibility index (Phi) is 8.04. The highest BCUT2D eigenvalue weighted by Crippen LogP contribution is 2.68. The molecule has 4 aliphatic carbocycles. The van der Waals surface area contributed by atoms with Crippen molar-refractivity contribution in [2.24, 2.45) is 46.3 Å². The lowest BCUT2D eigenvalue weighted by molar-refractivity contribution is -0.140. The fourth-order valence-corrected chi connectivity index (χ4v) is 10.8. The van der Waals surface area contributed by atoms with Crippen molar-refractivity contribution in [1.29, 1.82) is 0 Å². The average molecular weight is 575 g/mol. The molecule has 0 unspecified atom stereocenters. The van der Waals surface area contributed by atoms with Gasteiger partial charge in [-0.15, -0.1) is 0 Å². The maximum Gasteiger partial charge on any atom is 0.305 e. The molecule has 0 aliphatic heterocycles. The van der Waals surface area contributed by atoms with E-state index in [9.17, 15) is 19.5 Å². The topological polar surface area (TPSA) is 99.3 Å². The number of H-pyrrole nitrogens is 1. The maximum absolute atomic E-state index is 13.2. The van der Waals surface area contributed by atoms with Crippen LogP contribution in [-0.4, -0.2) is 33.8 Å². The largest absolute Gasteiger partial charge is 0.481 e. The molecule has 1 heterocycles. The third kappa shape index (κ3) is 5.32. The van der Waals surface area contributed by atoms with Crippen molar-refractivity contribution in [2.75, 3.05) is 0 Å². The van der Waals surface area contributed by atoms with Gasteiger partial charge in [0.2, 0.25) is 5.91 Å². The lowest BCUT2D eigenvalue weighted by Crippen LogP contribution is -2.53. The fourth-order valence-electron chi connectivity index (χ4n) is 10.8. The Hall–Kier alpha value is -2.63. The first-order chi connectivity index (χ1) is 20.1. The summed E-state index contributed by atoms with van der Waals surface area (Å²) < 4.78 is 0. The Morgan fingerprint density at radius 3 is 2.64 bits per heavy atom. The molecule has 0 saturated heterocycles. The number of aliphatic carboxylic acids is 1. The highest BCUT2D eigenvalue weighted by molar-refractivity contribution is 5.83. The predicted molar refractivity (Wildman–Crippen MR) is 165 cm³/mol. The number of Topliss-reactive ketones (excluding diaryl/α,β-unsaturated/α-hetero) is 1. The second-order valence-corrected chi connectivity index (χ2v) is 15.1. The van der Waals surface area contributed by atoms with E-state index < -0.39 is 12.0 Å². The number of aromatic amines is 1. The van der Waals surface area contributed by atoms with Crippen molar-refractivity contribution < 1.29 is 19.5 Å². The lowest BCUT2D eigenvalue weighted by atomic mass is 9.44. The number of carbonyl (C=O) groups excluding carboxylic acids is 2. The molecular formula is C36H50N2O4. The molecule has 4 aliphatic rings. The van der Waals surface area contributed by atoms with E-state index >= 15 is 0 Å². The summed E-state index contributed by atoms with van der Waals surface area (Å²) in [6.07, 6.45) is 14.0. The van der Waals surface area contributed by atoms with E-state index in [0.717, 1.165) is 59.9 Å². The van der Waals surface area contributed by atoms with Crippen molar-refractivity contribution in [3.8, 4) is 0 Å². The van der Waals surface area contributed by atoms with Crippen molar-refractivity contribution in [1.82, 2.24) is 10.3 Å². The zero-order valence-corrected chi connectivity index (χ0v) is 25.8. The molecule has 0 radical (unpaired) electrons. The van der Waals surface area contributed by atoms with Gasteiger partial charge in [0.1, 0.15) is 5.78 Å². The van der Waals surface area contributed by atoms with Crippen LogP contribution in [-0.2, 0) is 20.8 Å². The van der Waals surface area contributed by atoms with Crippen LogP contribution in [0.25, 0.3) is 10.9 Å². The molecule has 6 nitrogen and oxygen atoms in total. The number of carboxylic acid groups (broad SMARTS) is 1. The standard InChI is InChI=1S/C36H50N2O4/c1-22(8-13-33(40)38-25(20-34(41)42)18-23-21-37-32-7-5-4-6-27(23)32)29-11-12-30-28-10-9-24-19-26(39)14-16-35(24,2)31(28)15-17-36(29,30)3/h4-7,21-22,24-25,28-31,37H,8-20H2,1-3H3,(H,38,40)(H,41,42)/t22-,24-,25+,28+,29-,30+,31+,35+,36-/m1/s1. The number of benzene rings is 1. The minimum atomic E-state index is -0.892. The number of carboxylic acids is 1. The lowest BCUT2D eigenvalue weighted by Gasteiger charge is -2.60. The van der Waals surface area contributed by atoms with Gasteiger partial charge in [0, 0.05) is 42.4 Å². The molecule has 1 amide bonds. The predicted octanol–water partition coefficient (Wildman–Crippen LogP) is 7.31. The molecule has 9 atom stereocenters. The van der Waals surface area contributed by atoms with Gasteiger partial charge in [-0.1, -0.05) is 39.0 Å². The van der Waals surface area contributed by atoms with E-state index in [1.807, 2.05) is 30.5 Å². The molecular weight excluding hydrogens is 524 g/mol. The first-order valence-electron chi connectivity index (χ1n) is 16.7. The molecule has 1 aromatic carbocycles. The molecule has 6 rings (SSSR count). The van der Waals surface area contributed by atoms with Gasteiger partial charge >= 0.3 is 5.97 Å². The van der Waals surface area contributed by atoms with Gasteiger partial charge in [-0.05, 0) is 116 Å². The highest BCUT2D eigenvalue weighted by Gasteiger charge is 2.60. The number of para-hydroxylation sites is 1. The number of fused-ring (bicyclic) bond motifs is 6. The maximum atomic E-state index is 13.2. The number of hydrogen-bond acceptors (Lipinski definition) is 3. The molecule has 3 N–H and O–H groups in total. The second-order valence-electron chi connectivity index (χ2n) is 15.1. The molecule has 4 saturated carbocycles. The summed E-state index contributed by atoms with van der Waals surface area (Å²) in [7, 11) is 0. The van der Waals surface area contributed by atoms with Gasteiger partial charge in [-0.25, -0.2) is 0 Å². The third-order valence-electron chi connectivity index (χ3n) is 13.0. The van der Waals surface area contributed by atoms with Crippen LogP contribution in [0.3, 0.4) is 0 Å². The van der Waals surface area contributed by atoms with Crippen LogP contribution in [0.2, 0.25) is 0 Å². The van der Waals surface area contributed by atoms with E-state index in [1.165, 1.54) is 38.5 Å². The molecule has 42 heavy (non-hydrogen) atoms. The van der Waals surface area contributed by atoms with Crippen LogP contribution in [0.1, 0.15) is 103 Å². The van der Waals surface area contributed by atoms with Crippen molar-refractivity contribution >= 4 is 28.6 Å². The fraction of sp³-hybridized carbons (Fsp3) is 0.694. The molecule has 1 aromatic heterocycles. The first kappa shape index (κ1) is 29.4.